The third-order valence-electron chi connectivity index (χ3n) is 3.18. The number of carbonyl (C=O) groups excluding carboxylic acids is 1. The van der Waals surface area contributed by atoms with Crippen molar-refractivity contribution in [1.29, 1.82) is 0 Å². The Labute approximate surface area is 130 Å². The van der Waals surface area contributed by atoms with E-state index in [-0.39, 0.29) is 11.8 Å². The SMILES string of the molecule is CNc1nc2c(s1)[C@H](c1ccc(Cl)c(Cl)c1)CC(=O)N2. The van der Waals surface area contributed by atoms with Crippen molar-refractivity contribution in [3.63, 3.8) is 0 Å². The van der Waals surface area contributed by atoms with Gasteiger partial charge in [0.1, 0.15) is 5.82 Å². The van der Waals surface area contributed by atoms with E-state index in [4.69, 9.17) is 23.2 Å². The molecule has 0 saturated heterocycles. The number of nitrogens with one attached hydrogen (secondary N) is 2. The Hall–Kier alpha value is -1.30. The summed E-state index contributed by atoms with van der Waals surface area (Å²) in [5.41, 5.74) is 0.974. The molecule has 7 heteroatoms. The van der Waals surface area contributed by atoms with Crippen LogP contribution in [0.3, 0.4) is 0 Å². The van der Waals surface area contributed by atoms with Crippen LogP contribution in [-0.2, 0) is 4.79 Å². The molecule has 0 saturated carbocycles. The molecular weight excluding hydrogens is 317 g/mol. The number of thiazole rings is 1. The third kappa shape index (κ3) is 2.37. The van der Waals surface area contributed by atoms with Crippen LogP contribution < -0.4 is 10.6 Å². The van der Waals surface area contributed by atoms with Crippen molar-refractivity contribution in [2.24, 2.45) is 0 Å². The Balaban J connectivity index is 2.07. The zero-order chi connectivity index (χ0) is 14.3. The first kappa shape index (κ1) is 13.7. The number of nitrogens with zero attached hydrogens (tertiary/aromatic N) is 1. The molecule has 3 rings (SSSR count). The number of halogens is 2. The van der Waals surface area contributed by atoms with Crippen LogP contribution in [0, 0.1) is 0 Å². The second-order valence-electron chi connectivity index (χ2n) is 4.46. The van der Waals surface area contributed by atoms with Gasteiger partial charge in [0.15, 0.2) is 5.13 Å². The molecule has 1 atom stereocenters. The molecule has 20 heavy (non-hydrogen) atoms. The van der Waals surface area contributed by atoms with Gasteiger partial charge in [-0.25, -0.2) is 4.98 Å². The fourth-order valence-electron chi connectivity index (χ4n) is 2.22. The van der Waals surface area contributed by atoms with Gasteiger partial charge in [0.25, 0.3) is 0 Å². The van der Waals surface area contributed by atoms with E-state index in [9.17, 15) is 4.79 Å². The highest BCUT2D eigenvalue weighted by molar-refractivity contribution is 7.16. The van der Waals surface area contributed by atoms with Crippen molar-refractivity contribution in [2.75, 3.05) is 17.7 Å². The predicted molar refractivity (Wildman–Crippen MR) is 83.2 cm³/mol. The summed E-state index contributed by atoms with van der Waals surface area (Å²) in [7, 11) is 1.81. The number of amides is 1. The zero-order valence-corrected chi connectivity index (χ0v) is 12.9. The summed E-state index contributed by atoms with van der Waals surface area (Å²) in [6, 6.07) is 5.47. The average Bonchev–Trinajstić information content (AvgIpc) is 2.83. The number of hydrogen-bond donors (Lipinski definition) is 2. The summed E-state index contributed by atoms with van der Waals surface area (Å²) in [4.78, 5) is 17.2. The lowest BCUT2D eigenvalue weighted by Gasteiger charge is -2.21. The van der Waals surface area contributed by atoms with E-state index in [2.05, 4.69) is 15.6 Å². The fraction of sp³-hybridized carbons (Fsp3) is 0.231. The topological polar surface area (TPSA) is 54.0 Å². The monoisotopic (exact) mass is 327 g/mol. The van der Waals surface area contributed by atoms with Crippen molar-refractivity contribution >= 4 is 51.4 Å². The van der Waals surface area contributed by atoms with Crippen LogP contribution >= 0.6 is 34.5 Å². The highest BCUT2D eigenvalue weighted by Gasteiger charge is 2.30. The molecular formula is C13H11Cl2N3OS. The van der Waals surface area contributed by atoms with E-state index in [0.717, 1.165) is 15.6 Å². The third-order valence-corrected chi connectivity index (χ3v) is 5.10. The molecule has 1 aliphatic heterocycles. The van der Waals surface area contributed by atoms with Gasteiger partial charge in [-0.2, -0.15) is 0 Å². The van der Waals surface area contributed by atoms with Crippen LogP contribution in [0.2, 0.25) is 10.0 Å². The highest BCUT2D eigenvalue weighted by Crippen LogP contribution is 2.43. The second-order valence-corrected chi connectivity index (χ2v) is 6.31. The minimum Gasteiger partial charge on any atom is -0.365 e. The summed E-state index contributed by atoms with van der Waals surface area (Å²) in [6.45, 7) is 0. The van der Waals surface area contributed by atoms with Crippen LogP contribution in [0.4, 0.5) is 10.9 Å². The van der Waals surface area contributed by atoms with Crippen molar-refractivity contribution in [3.05, 3.63) is 38.7 Å². The van der Waals surface area contributed by atoms with Crippen LogP contribution in [0.1, 0.15) is 22.8 Å². The van der Waals surface area contributed by atoms with Gasteiger partial charge >= 0.3 is 0 Å². The van der Waals surface area contributed by atoms with Gasteiger partial charge in [-0.05, 0) is 17.7 Å². The Kier molecular flexibility index (Phi) is 3.58. The standard InChI is InChI=1S/C13H11Cl2N3OS/c1-16-13-18-12-11(20-13)7(5-10(19)17-12)6-2-3-8(14)9(15)4-6/h2-4,7H,5H2,1H3,(H,16,18)(H,17,19)/t7-/m0/s1. The smallest absolute Gasteiger partial charge is 0.226 e. The van der Waals surface area contributed by atoms with E-state index in [1.165, 1.54) is 11.3 Å². The highest BCUT2D eigenvalue weighted by atomic mass is 35.5. The molecule has 2 aromatic rings. The van der Waals surface area contributed by atoms with Gasteiger partial charge in [-0.3, -0.25) is 4.79 Å². The fourth-order valence-corrected chi connectivity index (χ4v) is 3.53. The van der Waals surface area contributed by atoms with E-state index >= 15 is 0 Å². The van der Waals surface area contributed by atoms with Crippen LogP contribution in [0.15, 0.2) is 18.2 Å². The summed E-state index contributed by atoms with van der Waals surface area (Å²) in [6.07, 6.45) is 0.385. The molecule has 1 aliphatic rings. The molecule has 0 spiro atoms. The molecule has 2 heterocycles. The number of benzene rings is 1. The molecule has 0 radical (unpaired) electrons. The maximum atomic E-state index is 11.8. The minimum atomic E-state index is -0.0403. The molecule has 2 N–H and O–H groups in total. The molecule has 0 fully saturated rings. The van der Waals surface area contributed by atoms with Gasteiger partial charge in [0.05, 0.1) is 14.9 Å². The molecule has 1 aromatic carbocycles. The van der Waals surface area contributed by atoms with E-state index in [1.54, 1.807) is 13.1 Å². The van der Waals surface area contributed by atoms with E-state index in [0.29, 0.717) is 22.3 Å². The van der Waals surface area contributed by atoms with Crippen molar-refractivity contribution in [1.82, 2.24) is 4.98 Å². The van der Waals surface area contributed by atoms with Crippen molar-refractivity contribution in [2.45, 2.75) is 12.3 Å². The van der Waals surface area contributed by atoms with Crippen LogP contribution in [0.25, 0.3) is 0 Å². The van der Waals surface area contributed by atoms with Crippen LogP contribution in [-0.4, -0.2) is 17.9 Å². The molecule has 0 aliphatic carbocycles. The van der Waals surface area contributed by atoms with Crippen molar-refractivity contribution < 1.29 is 4.79 Å². The molecule has 1 aromatic heterocycles. The number of aromatic nitrogens is 1. The summed E-state index contributed by atoms with van der Waals surface area (Å²) < 4.78 is 0. The molecule has 4 nitrogen and oxygen atoms in total. The normalized spacial score (nSPS) is 17.6. The minimum absolute atomic E-state index is 0.0342. The molecule has 0 unspecified atom stereocenters. The first-order chi connectivity index (χ1) is 9.58. The number of fused-ring (bicyclic) bond motifs is 1. The predicted octanol–water partition coefficient (Wildman–Crippen LogP) is 3.97. The number of rotatable bonds is 2. The largest absolute Gasteiger partial charge is 0.365 e. The van der Waals surface area contributed by atoms with Gasteiger partial charge in [-0.1, -0.05) is 40.6 Å². The maximum absolute atomic E-state index is 11.8. The maximum Gasteiger partial charge on any atom is 0.226 e. The lowest BCUT2D eigenvalue weighted by Crippen LogP contribution is -2.22. The Morgan fingerprint density at radius 2 is 2.20 bits per heavy atom. The number of anilines is 2. The van der Waals surface area contributed by atoms with Gasteiger partial charge in [-0.15, -0.1) is 0 Å². The van der Waals surface area contributed by atoms with Gasteiger partial charge in [0.2, 0.25) is 5.91 Å². The second kappa shape index (κ2) is 5.24. The summed E-state index contributed by atoms with van der Waals surface area (Å²) >= 11 is 13.6. The number of carbonyl (C=O) groups is 1. The Morgan fingerprint density at radius 3 is 2.90 bits per heavy atom. The van der Waals surface area contributed by atoms with E-state index < -0.39 is 0 Å². The quantitative estimate of drug-likeness (QED) is 0.877. The summed E-state index contributed by atoms with van der Waals surface area (Å²) in [5.74, 6) is 0.557. The lowest BCUT2D eigenvalue weighted by molar-refractivity contribution is -0.116. The molecule has 0 bridgehead atoms. The van der Waals surface area contributed by atoms with Crippen LogP contribution in [0.5, 0.6) is 0 Å². The Bertz CT molecular complexity index is 686. The van der Waals surface area contributed by atoms with Gasteiger partial charge in [0, 0.05) is 19.4 Å². The first-order valence-electron chi connectivity index (χ1n) is 6.01. The molecule has 104 valence electrons. The first-order valence-corrected chi connectivity index (χ1v) is 7.59. The van der Waals surface area contributed by atoms with Gasteiger partial charge < -0.3 is 10.6 Å². The lowest BCUT2D eigenvalue weighted by atomic mass is 9.92. The van der Waals surface area contributed by atoms with Crippen molar-refractivity contribution in [3.8, 4) is 0 Å². The molecule has 1 amide bonds. The zero-order valence-electron chi connectivity index (χ0n) is 10.5. The average molecular weight is 328 g/mol. The summed E-state index contributed by atoms with van der Waals surface area (Å²) in [5, 5.41) is 7.59. The van der Waals surface area contributed by atoms with E-state index in [1.807, 2.05) is 12.1 Å². The number of hydrogen-bond acceptors (Lipinski definition) is 4. The Morgan fingerprint density at radius 1 is 1.40 bits per heavy atom.